The van der Waals surface area contributed by atoms with Crippen molar-refractivity contribution in [3.05, 3.63) is 0 Å². The van der Waals surface area contributed by atoms with Gasteiger partial charge in [0.25, 0.3) is 0 Å². The fourth-order valence-corrected chi connectivity index (χ4v) is 4.66. The fourth-order valence-electron chi connectivity index (χ4n) is 2.28. The second-order valence-corrected chi connectivity index (χ2v) is 7.03. The second-order valence-electron chi connectivity index (χ2n) is 4.48. The average molecular weight is 252 g/mol. The first-order valence-corrected chi connectivity index (χ1v) is 7.76. The Bertz CT molecular complexity index is 311. The molecule has 1 unspecified atom stereocenters. The third-order valence-electron chi connectivity index (χ3n) is 3.29. The molecule has 88 valence electrons. The normalized spacial score (nSPS) is 29.3. The quantitative estimate of drug-likeness (QED) is 0.717. The van der Waals surface area contributed by atoms with Gasteiger partial charge in [0.05, 0.1) is 5.25 Å². The Balaban J connectivity index is 2.09. The largest absolute Gasteiger partial charge is 0.217 e. The van der Waals surface area contributed by atoms with E-state index in [-0.39, 0.29) is 11.3 Å². The maximum absolute atomic E-state index is 12.1. The van der Waals surface area contributed by atoms with Crippen LogP contribution >= 0.6 is 11.6 Å². The van der Waals surface area contributed by atoms with Crippen LogP contribution in [0.5, 0.6) is 0 Å². The molecule has 0 aromatic rings. The summed E-state index contributed by atoms with van der Waals surface area (Å²) < 4.78 is 26.0. The molecule has 1 aliphatic heterocycles. The molecule has 1 heterocycles. The van der Waals surface area contributed by atoms with Crippen LogP contribution in [0.4, 0.5) is 0 Å². The molecule has 3 nitrogen and oxygen atoms in total. The molecule has 15 heavy (non-hydrogen) atoms. The summed E-state index contributed by atoms with van der Waals surface area (Å²) in [6.07, 6.45) is 5.63. The van der Waals surface area contributed by atoms with Crippen LogP contribution in [0, 0.1) is 0 Å². The zero-order chi connectivity index (χ0) is 10.9. The van der Waals surface area contributed by atoms with Crippen LogP contribution in [0.15, 0.2) is 0 Å². The van der Waals surface area contributed by atoms with Crippen LogP contribution in [0.2, 0.25) is 0 Å². The van der Waals surface area contributed by atoms with Crippen molar-refractivity contribution >= 4 is 21.6 Å². The Morgan fingerprint density at radius 2 is 1.93 bits per heavy atom. The standard InChI is InChI=1S/C10H18ClNO2S/c11-7-6-9-3-1-2-8-12(9)15(13,14)10-4-5-10/h9-10H,1-8H2. The Morgan fingerprint density at radius 1 is 1.20 bits per heavy atom. The molecule has 0 spiro atoms. The highest BCUT2D eigenvalue weighted by Gasteiger charge is 2.43. The van der Waals surface area contributed by atoms with E-state index in [1.807, 2.05) is 0 Å². The molecule has 0 aromatic heterocycles. The van der Waals surface area contributed by atoms with Crippen LogP contribution < -0.4 is 0 Å². The predicted octanol–water partition coefficient (Wildman–Crippen LogP) is 1.96. The van der Waals surface area contributed by atoms with E-state index in [2.05, 4.69) is 0 Å². The molecule has 2 rings (SSSR count). The van der Waals surface area contributed by atoms with Gasteiger partial charge in [0.1, 0.15) is 0 Å². The topological polar surface area (TPSA) is 37.4 Å². The van der Waals surface area contributed by atoms with E-state index in [1.165, 1.54) is 0 Å². The molecule has 2 aliphatic rings. The highest BCUT2D eigenvalue weighted by molar-refractivity contribution is 7.90. The summed E-state index contributed by atoms with van der Waals surface area (Å²) in [6, 6.07) is 0.168. The van der Waals surface area contributed by atoms with Gasteiger partial charge in [-0.25, -0.2) is 8.42 Å². The first-order valence-electron chi connectivity index (χ1n) is 5.73. The molecule has 1 saturated heterocycles. The Morgan fingerprint density at radius 3 is 2.53 bits per heavy atom. The lowest BCUT2D eigenvalue weighted by molar-refractivity contribution is 0.247. The molecule has 1 atom stereocenters. The van der Waals surface area contributed by atoms with Gasteiger partial charge in [-0.15, -0.1) is 11.6 Å². The molecule has 1 aliphatic carbocycles. The monoisotopic (exact) mass is 251 g/mol. The molecular formula is C10H18ClNO2S. The van der Waals surface area contributed by atoms with E-state index < -0.39 is 10.0 Å². The molecule has 2 fully saturated rings. The number of sulfonamides is 1. The summed E-state index contributed by atoms with van der Waals surface area (Å²) in [5, 5.41) is -0.0755. The molecule has 5 heteroatoms. The third kappa shape index (κ3) is 2.48. The smallest absolute Gasteiger partial charge is 0.212 e. The number of halogens is 1. The predicted molar refractivity (Wildman–Crippen MR) is 61.6 cm³/mol. The van der Waals surface area contributed by atoms with Gasteiger partial charge < -0.3 is 0 Å². The van der Waals surface area contributed by atoms with E-state index in [4.69, 9.17) is 11.6 Å². The van der Waals surface area contributed by atoms with Gasteiger partial charge in [0.2, 0.25) is 10.0 Å². The van der Waals surface area contributed by atoms with E-state index in [1.54, 1.807) is 4.31 Å². The first-order chi connectivity index (χ1) is 7.16. The minimum atomic E-state index is -2.99. The lowest BCUT2D eigenvalue weighted by atomic mass is 10.0. The minimum Gasteiger partial charge on any atom is -0.212 e. The number of alkyl halides is 1. The van der Waals surface area contributed by atoms with Gasteiger partial charge in [0.15, 0.2) is 0 Å². The summed E-state index contributed by atoms with van der Waals surface area (Å²) in [6.45, 7) is 0.709. The molecule has 0 radical (unpaired) electrons. The van der Waals surface area contributed by atoms with Crippen molar-refractivity contribution in [2.45, 2.75) is 49.8 Å². The minimum absolute atomic E-state index is 0.0755. The Kier molecular flexibility index (Phi) is 3.58. The SMILES string of the molecule is O=S(=O)(C1CC1)N1CCCCC1CCCl. The van der Waals surface area contributed by atoms with Crippen LogP contribution in [-0.4, -0.2) is 36.4 Å². The van der Waals surface area contributed by atoms with Gasteiger partial charge in [-0.3, -0.25) is 0 Å². The van der Waals surface area contributed by atoms with E-state index in [0.717, 1.165) is 38.5 Å². The molecule has 0 N–H and O–H groups in total. The number of piperidine rings is 1. The van der Waals surface area contributed by atoms with Crippen molar-refractivity contribution in [3.8, 4) is 0 Å². The fraction of sp³-hybridized carbons (Fsp3) is 1.00. The summed E-state index contributed by atoms with van der Waals surface area (Å²) >= 11 is 5.72. The Hall–Kier alpha value is 0.200. The molecule has 0 aromatic carbocycles. The molecule has 0 amide bonds. The highest BCUT2D eigenvalue weighted by atomic mass is 35.5. The number of hydrogen-bond acceptors (Lipinski definition) is 2. The number of rotatable bonds is 4. The summed E-state index contributed by atoms with van der Waals surface area (Å²) in [5.41, 5.74) is 0. The van der Waals surface area contributed by atoms with E-state index in [9.17, 15) is 8.42 Å². The van der Waals surface area contributed by atoms with Crippen molar-refractivity contribution < 1.29 is 8.42 Å². The van der Waals surface area contributed by atoms with Gasteiger partial charge in [0, 0.05) is 18.5 Å². The summed E-state index contributed by atoms with van der Waals surface area (Å²) in [7, 11) is -2.99. The molecular weight excluding hydrogens is 234 g/mol. The van der Waals surface area contributed by atoms with Crippen molar-refractivity contribution in [2.24, 2.45) is 0 Å². The highest BCUT2D eigenvalue weighted by Crippen LogP contribution is 2.34. The lowest BCUT2D eigenvalue weighted by Crippen LogP contribution is -2.45. The number of nitrogens with zero attached hydrogens (tertiary/aromatic N) is 1. The van der Waals surface area contributed by atoms with Gasteiger partial charge >= 0.3 is 0 Å². The first kappa shape index (κ1) is 11.7. The molecule has 1 saturated carbocycles. The Labute approximate surface area is 96.8 Å². The number of hydrogen-bond donors (Lipinski definition) is 0. The van der Waals surface area contributed by atoms with E-state index in [0.29, 0.717) is 12.4 Å². The van der Waals surface area contributed by atoms with E-state index >= 15 is 0 Å². The average Bonchev–Trinajstić information content (AvgIpc) is 3.02. The van der Waals surface area contributed by atoms with Crippen molar-refractivity contribution in [1.29, 1.82) is 0 Å². The maximum atomic E-state index is 12.1. The van der Waals surface area contributed by atoms with Crippen molar-refractivity contribution in [3.63, 3.8) is 0 Å². The summed E-state index contributed by atoms with van der Waals surface area (Å²) in [5.74, 6) is 0.557. The maximum Gasteiger partial charge on any atom is 0.217 e. The lowest BCUT2D eigenvalue weighted by Gasteiger charge is -2.34. The van der Waals surface area contributed by atoms with Crippen LogP contribution in [0.3, 0.4) is 0 Å². The van der Waals surface area contributed by atoms with Crippen LogP contribution in [0.25, 0.3) is 0 Å². The summed E-state index contributed by atoms with van der Waals surface area (Å²) in [4.78, 5) is 0. The van der Waals surface area contributed by atoms with Crippen LogP contribution in [-0.2, 0) is 10.0 Å². The van der Waals surface area contributed by atoms with Gasteiger partial charge in [-0.2, -0.15) is 4.31 Å². The zero-order valence-corrected chi connectivity index (χ0v) is 10.4. The molecule has 0 bridgehead atoms. The van der Waals surface area contributed by atoms with Crippen molar-refractivity contribution in [2.75, 3.05) is 12.4 Å². The second kappa shape index (κ2) is 4.60. The third-order valence-corrected chi connectivity index (χ3v) is 5.95. The zero-order valence-electron chi connectivity index (χ0n) is 8.86. The van der Waals surface area contributed by atoms with Gasteiger partial charge in [-0.1, -0.05) is 6.42 Å². The van der Waals surface area contributed by atoms with Crippen LogP contribution in [0.1, 0.15) is 38.5 Å². The van der Waals surface area contributed by atoms with Gasteiger partial charge in [-0.05, 0) is 32.1 Å². The van der Waals surface area contributed by atoms with Crippen molar-refractivity contribution in [1.82, 2.24) is 4.31 Å².